The zero-order valence-electron chi connectivity index (χ0n) is 19.8. The summed E-state index contributed by atoms with van der Waals surface area (Å²) in [6, 6.07) is 7.13. The number of carbonyl (C=O) groups is 1. The van der Waals surface area contributed by atoms with E-state index in [0.29, 0.717) is 12.0 Å². The molecule has 2 unspecified atom stereocenters. The lowest BCUT2D eigenvalue weighted by Gasteiger charge is -2.54. The summed E-state index contributed by atoms with van der Waals surface area (Å²) in [6.45, 7) is 8.05. The third kappa shape index (κ3) is 4.87. The number of benzene rings is 1. The van der Waals surface area contributed by atoms with Gasteiger partial charge in [0.05, 0.1) is 5.41 Å². The Bertz CT molecular complexity index is 764. The van der Waals surface area contributed by atoms with Crippen LogP contribution in [-0.2, 0) is 14.9 Å². The molecule has 0 saturated heterocycles. The second-order valence-electron chi connectivity index (χ2n) is 9.87. The summed E-state index contributed by atoms with van der Waals surface area (Å²) < 4.78 is 21.5. The number of esters is 1. The van der Waals surface area contributed by atoms with E-state index in [4.69, 9.17) is 4.74 Å². The normalized spacial score (nSPS) is 27.9. The molecule has 3 heteroatoms. The summed E-state index contributed by atoms with van der Waals surface area (Å²) in [5, 5.41) is 0. The van der Waals surface area contributed by atoms with E-state index in [1.165, 1.54) is 19.3 Å². The van der Waals surface area contributed by atoms with Crippen molar-refractivity contribution in [3.05, 3.63) is 61.0 Å². The maximum atomic E-state index is 15.5. The topological polar surface area (TPSA) is 26.3 Å². The highest BCUT2D eigenvalue weighted by Crippen LogP contribution is 2.60. The first kappa shape index (κ1) is 24.7. The Kier molecular flexibility index (Phi) is 9.13. The summed E-state index contributed by atoms with van der Waals surface area (Å²) in [5.74, 6) is -0.158. The molecule has 0 aromatic heterocycles. The average Bonchev–Trinajstić information content (AvgIpc) is 2.75. The third-order valence-electron chi connectivity index (χ3n) is 8.16. The first-order valence-electron chi connectivity index (χ1n) is 12.8. The summed E-state index contributed by atoms with van der Waals surface area (Å²) >= 11 is 0. The van der Waals surface area contributed by atoms with Crippen LogP contribution in [0.3, 0.4) is 0 Å². The number of hydrogen-bond donors (Lipinski definition) is 0. The van der Waals surface area contributed by atoms with Gasteiger partial charge in [0.25, 0.3) is 0 Å². The molecule has 0 heterocycles. The number of hydrogen-bond acceptors (Lipinski definition) is 2. The van der Waals surface area contributed by atoms with E-state index >= 15 is 4.39 Å². The van der Waals surface area contributed by atoms with Gasteiger partial charge < -0.3 is 4.74 Å². The van der Waals surface area contributed by atoms with Gasteiger partial charge in [-0.1, -0.05) is 94.7 Å². The number of halogens is 1. The van der Waals surface area contributed by atoms with Crippen molar-refractivity contribution in [3.8, 4) is 0 Å². The summed E-state index contributed by atoms with van der Waals surface area (Å²) in [5.41, 5.74) is -0.702. The first-order valence-corrected chi connectivity index (χ1v) is 12.8. The van der Waals surface area contributed by atoms with Crippen molar-refractivity contribution >= 4 is 5.97 Å². The van der Waals surface area contributed by atoms with Gasteiger partial charge in [0.1, 0.15) is 12.4 Å². The van der Waals surface area contributed by atoms with Crippen molar-refractivity contribution in [1.82, 2.24) is 0 Å². The van der Waals surface area contributed by atoms with Crippen molar-refractivity contribution in [2.45, 2.75) is 95.3 Å². The smallest absolute Gasteiger partial charge is 0.313 e. The van der Waals surface area contributed by atoms with Crippen molar-refractivity contribution < 1.29 is 13.9 Å². The molecule has 2 fully saturated rings. The van der Waals surface area contributed by atoms with Crippen LogP contribution < -0.4 is 0 Å². The van der Waals surface area contributed by atoms with E-state index in [2.05, 4.69) is 13.2 Å². The monoisotopic (exact) mass is 440 g/mol. The largest absolute Gasteiger partial charge is 0.461 e. The van der Waals surface area contributed by atoms with Crippen LogP contribution in [0.1, 0.15) is 95.5 Å². The fourth-order valence-corrected chi connectivity index (χ4v) is 6.78. The van der Waals surface area contributed by atoms with E-state index in [9.17, 15) is 4.79 Å². The lowest BCUT2D eigenvalue weighted by molar-refractivity contribution is -0.169. The van der Waals surface area contributed by atoms with E-state index < -0.39 is 10.8 Å². The van der Waals surface area contributed by atoms with Crippen LogP contribution in [0.2, 0.25) is 0 Å². The molecule has 3 rings (SSSR count). The first-order chi connectivity index (χ1) is 15.6. The number of ether oxygens (including phenoxy) is 1. The zero-order chi connectivity index (χ0) is 22.9. The van der Waals surface area contributed by atoms with Gasteiger partial charge >= 0.3 is 5.97 Å². The summed E-state index contributed by atoms with van der Waals surface area (Å²) in [7, 11) is 0. The van der Waals surface area contributed by atoms with Gasteiger partial charge in [0.2, 0.25) is 0 Å². The highest BCUT2D eigenvalue weighted by atomic mass is 19.1. The highest BCUT2D eigenvalue weighted by molar-refractivity contribution is 5.80. The predicted octanol–water partition coefficient (Wildman–Crippen LogP) is 8.07. The fraction of sp³-hybridized carbons (Fsp3) is 0.621. The summed E-state index contributed by atoms with van der Waals surface area (Å²) in [6.07, 6.45) is 17.9. The highest BCUT2D eigenvalue weighted by Gasteiger charge is 2.61. The molecule has 0 radical (unpaired) electrons. The Balaban J connectivity index is 2.26. The van der Waals surface area contributed by atoms with Crippen LogP contribution in [0.25, 0.3) is 0 Å². The van der Waals surface area contributed by atoms with Crippen molar-refractivity contribution in [2.24, 2.45) is 11.3 Å². The van der Waals surface area contributed by atoms with Gasteiger partial charge in [-0.05, 0) is 49.7 Å². The Hall–Kier alpha value is -1.90. The van der Waals surface area contributed by atoms with Crippen LogP contribution >= 0.6 is 0 Å². The summed E-state index contributed by atoms with van der Waals surface area (Å²) in [4.78, 5) is 14.2. The molecule has 1 aromatic rings. The minimum absolute atomic E-state index is 0.144. The van der Waals surface area contributed by atoms with Gasteiger partial charge in [0.15, 0.2) is 0 Å². The molecule has 0 N–H and O–H groups in total. The molecule has 0 amide bonds. The van der Waals surface area contributed by atoms with Crippen LogP contribution in [0.4, 0.5) is 4.39 Å². The van der Waals surface area contributed by atoms with Gasteiger partial charge in [0, 0.05) is 5.41 Å². The van der Waals surface area contributed by atoms with Crippen LogP contribution in [0.5, 0.6) is 0 Å². The maximum Gasteiger partial charge on any atom is 0.313 e. The van der Waals surface area contributed by atoms with E-state index in [1.54, 1.807) is 18.2 Å². The zero-order valence-corrected chi connectivity index (χ0v) is 19.8. The third-order valence-corrected chi connectivity index (χ3v) is 8.16. The lowest BCUT2D eigenvalue weighted by Crippen LogP contribution is -2.57. The van der Waals surface area contributed by atoms with Crippen LogP contribution in [-0.4, -0.2) is 12.6 Å². The number of allylic oxidation sites excluding steroid dienone is 1. The second-order valence-corrected chi connectivity index (χ2v) is 9.87. The Morgan fingerprint density at radius 3 is 2.22 bits per heavy atom. The molecule has 2 aliphatic rings. The minimum Gasteiger partial charge on any atom is -0.461 e. The lowest BCUT2D eigenvalue weighted by atomic mass is 9.48. The number of carbonyl (C=O) groups excluding carboxylic acids is 1. The van der Waals surface area contributed by atoms with Gasteiger partial charge in [-0.3, -0.25) is 4.79 Å². The molecule has 2 saturated carbocycles. The number of rotatable bonds is 7. The average molecular weight is 441 g/mol. The molecule has 32 heavy (non-hydrogen) atoms. The minimum atomic E-state index is -0.746. The van der Waals surface area contributed by atoms with Crippen molar-refractivity contribution in [1.29, 1.82) is 0 Å². The van der Waals surface area contributed by atoms with Crippen molar-refractivity contribution in [3.63, 3.8) is 0 Å². The van der Waals surface area contributed by atoms with Gasteiger partial charge in [-0.2, -0.15) is 0 Å². The molecular weight excluding hydrogens is 399 g/mol. The molecular formula is C29H41FO2. The Morgan fingerprint density at radius 1 is 0.938 bits per heavy atom. The van der Waals surface area contributed by atoms with E-state index in [0.717, 1.165) is 64.2 Å². The Morgan fingerprint density at radius 2 is 1.56 bits per heavy atom. The second kappa shape index (κ2) is 11.8. The van der Waals surface area contributed by atoms with Crippen LogP contribution in [0, 0.1) is 17.2 Å². The van der Waals surface area contributed by atoms with E-state index in [-0.39, 0.29) is 24.3 Å². The Labute approximate surface area is 194 Å². The molecule has 0 spiro atoms. The predicted molar refractivity (Wildman–Crippen MR) is 130 cm³/mol. The van der Waals surface area contributed by atoms with Crippen LogP contribution in [0.15, 0.2) is 49.6 Å². The molecule has 0 aliphatic heterocycles. The fourth-order valence-electron chi connectivity index (χ4n) is 6.78. The van der Waals surface area contributed by atoms with Gasteiger partial charge in [-0.15, -0.1) is 6.58 Å². The standard InChI is InChI=1S/C29H41FO2/c1-3-20-28(25-18-12-13-19-26(25)30)21-14-8-9-15-22-29(28,27(31)32-23-4-2)24-16-10-6-5-7-11-17-24/h3-4,12-13,18-19,24H,1-2,5-11,14-17,20-23H2. The van der Waals surface area contributed by atoms with Gasteiger partial charge in [-0.25, -0.2) is 4.39 Å². The molecule has 2 aliphatic carbocycles. The molecule has 2 nitrogen and oxygen atoms in total. The van der Waals surface area contributed by atoms with E-state index in [1.807, 2.05) is 18.2 Å². The quantitative estimate of drug-likeness (QED) is 0.316. The molecule has 176 valence electrons. The van der Waals surface area contributed by atoms with Crippen molar-refractivity contribution in [2.75, 3.05) is 6.61 Å². The molecule has 0 bridgehead atoms. The molecule has 2 atom stereocenters. The maximum absolute atomic E-state index is 15.5. The SMILES string of the molecule is C=CCOC(=O)C1(C2CCCCCCC2)CCCCCCC1(CC=C)c1ccccc1F. The molecule has 1 aromatic carbocycles.